The molecule has 2 N–H and O–H groups in total. The van der Waals surface area contributed by atoms with Crippen molar-refractivity contribution in [1.82, 2.24) is 15.0 Å². The molecule has 0 aliphatic carbocycles. The molecular formula is C13H18N4O. The van der Waals surface area contributed by atoms with E-state index in [0.717, 1.165) is 29.8 Å². The van der Waals surface area contributed by atoms with Gasteiger partial charge in [0.25, 0.3) is 0 Å². The van der Waals surface area contributed by atoms with Gasteiger partial charge < -0.3 is 10.5 Å². The molecular weight excluding hydrogens is 228 g/mol. The number of anilines is 1. The Morgan fingerprint density at radius 1 is 1.28 bits per heavy atom. The quantitative estimate of drug-likeness (QED) is 0.874. The molecule has 2 rings (SSSR count). The van der Waals surface area contributed by atoms with Crippen LogP contribution in [0, 0.1) is 0 Å². The van der Waals surface area contributed by atoms with Gasteiger partial charge in [0.2, 0.25) is 0 Å². The second-order valence-corrected chi connectivity index (χ2v) is 4.18. The van der Waals surface area contributed by atoms with Crippen molar-refractivity contribution in [1.29, 1.82) is 0 Å². The molecule has 0 aliphatic rings. The number of rotatable bonds is 5. The van der Waals surface area contributed by atoms with Crippen molar-refractivity contribution < 1.29 is 4.74 Å². The van der Waals surface area contributed by atoms with Gasteiger partial charge >= 0.3 is 0 Å². The van der Waals surface area contributed by atoms with E-state index in [0.29, 0.717) is 12.4 Å². The SMILES string of the molecule is CCCc1c(N)nnn1Cc1ccc(OC)cc1. The first-order chi connectivity index (χ1) is 8.74. The zero-order valence-corrected chi connectivity index (χ0v) is 10.8. The van der Waals surface area contributed by atoms with E-state index in [-0.39, 0.29) is 0 Å². The summed E-state index contributed by atoms with van der Waals surface area (Å²) in [6.45, 7) is 2.80. The number of methoxy groups -OCH3 is 1. The van der Waals surface area contributed by atoms with Gasteiger partial charge in [0, 0.05) is 0 Å². The van der Waals surface area contributed by atoms with Crippen molar-refractivity contribution in [2.45, 2.75) is 26.3 Å². The van der Waals surface area contributed by atoms with Crippen molar-refractivity contribution in [3.63, 3.8) is 0 Å². The smallest absolute Gasteiger partial charge is 0.169 e. The van der Waals surface area contributed by atoms with E-state index in [1.165, 1.54) is 0 Å². The Morgan fingerprint density at radius 2 is 2.00 bits per heavy atom. The minimum absolute atomic E-state index is 0.533. The van der Waals surface area contributed by atoms with Crippen LogP contribution in [0.25, 0.3) is 0 Å². The summed E-state index contributed by atoms with van der Waals surface area (Å²) in [5.41, 5.74) is 7.97. The normalized spacial score (nSPS) is 10.6. The van der Waals surface area contributed by atoms with Crippen molar-refractivity contribution in [3.8, 4) is 5.75 Å². The molecule has 2 aromatic rings. The van der Waals surface area contributed by atoms with Crippen molar-refractivity contribution in [2.75, 3.05) is 12.8 Å². The molecule has 5 heteroatoms. The lowest BCUT2D eigenvalue weighted by Crippen LogP contribution is -2.07. The monoisotopic (exact) mass is 246 g/mol. The maximum absolute atomic E-state index is 5.81. The van der Waals surface area contributed by atoms with Gasteiger partial charge in [0.05, 0.1) is 19.3 Å². The van der Waals surface area contributed by atoms with Crippen LogP contribution >= 0.6 is 0 Å². The Bertz CT molecular complexity index is 504. The molecule has 0 saturated carbocycles. The maximum Gasteiger partial charge on any atom is 0.169 e. The molecule has 0 unspecified atom stereocenters. The van der Waals surface area contributed by atoms with Gasteiger partial charge in [-0.3, -0.25) is 0 Å². The number of aromatic nitrogens is 3. The summed E-state index contributed by atoms with van der Waals surface area (Å²) in [5, 5.41) is 8.01. The molecule has 5 nitrogen and oxygen atoms in total. The topological polar surface area (TPSA) is 66.0 Å². The largest absolute Gasteiger partial charge is 0.497 e. The Morgan fingerprint density at radius 3 is 2.61 bits per heavy atom. The first kappa shape index (κ1) is 12.4. The summed E-state index contributed by atoms with van der Waals surface area (Å²) in [6, 6.07) is 7.92. The number of hydrogen-bond acceptors (Lipinski definition) is 4. The molecule has 1 aromatic carbocycles. The number of hydrogen-bond donors (Lipinski definition) is 1. The van der Waals surface area contributed by atoms with Gasteiger partial charge in [0.1, 0.15) is 5.75 Å². The number of nitrogen functional groups attached to an aromatic ring is 1. The molecule has 1 aromatic heterocycles. The average Bonchev–Trinajstić information content (AvgIpc) is 2.73. The third-order valence-corrected chi connectivity index (χ3v) is 2.85. The fourth-order valence-electron chi connectivity index (χ4n) is 1.87. The van der Waals surface area contributed by atoms with Crippen LogP contribution in [0.1, 0.15) is 24.6 Å². The summed E-state index contributed by atoms with van der Waals surface area (Å²) in [5.74, 6) is 1.39. The second-order valence-electron chi connectivity index (χ2n) is 4.18. The van der Waals surface area contributed by atoms with E-state index in [4.69, 9.17) is 10.5 Å². The Labute approximate surface area is 107 Å². The summed E-state index contributed by atoms with van der Waals surface area (Å²) < 4.78 is 6.99. The van der Waals surface area contributed by atoms with E-state index in [2.05, 4.69) is 17.2 Å². The number of ether oxygens (including phenoxy) is 1. The number of nitrogens with two attached hydrogens (primary N) is 1. The average molecular weight is 246 g/mol. The van der Waals surface area contributed by atoms with E-state index in [1.54, 1.807) is 7.11 Å². The number of nitrogens with zero attached hydrogens (tertiary/aromatic N) is 3. The van der Waals surface area contributed by atoms with Crippen LogP contribution in [0.3, 0.4) is 0 Å². The lowest BCUT2D eigenvalue weighted by Gasteiger charge is -2.07. The molecule has 0 amide bonds. The van der Waals surface area contributed by atoms with Gasteiger partial charge in [-0.2, -0.15) is 0 Å². The van der Waals surface area contributed by atoms with Gasteiger partial charge in [-0.1, -0.05) is 30.7 Å². The fraction of sp³-hybridized carbons (Fsp3) is 0.385. The minimum atomic E-state index is 0.533. The Hall–Kier alpha value is -2.04. The predicted molar refractivity (Wildman–Crippen MR) is 70.5 cm³/mol. The van der Waals surface area contributed by atoms with Crippen LogP contribution in [0.4, 0.5) is 5.82 Å². The highest BCUT2D eigenvalue weighted by Gasteiger charge is 2.09. The van der Waals surface area contributed by atoms with Gasteiger partial charge in [0.15, 0.2) is 5.82 Å². The minimum Gasteiger partial charge on any atom is -0.497 e. The van der Waals surface area contributed by atoms with E-state index >= 15 is 0 Å². The summed E-state index contributed by atoms with van der Waals surface area (Å²) in [6.07, 6.45) is 1.93. The third-order valence-electron chi connectivity index (χ3n) is 2.85. The molecule has 0 radical (unpaired) electrons. The van der Waals surface area contributed by atoms with Crippen LogP contribution in [-0.4, -0.2) is 22.1 Å². The standard InChI is InChI=1S/C13H18N4O/c1-3-4-12-13(14)15-16-17(12)9-10-5-7-11(18-2)8-6-10/h5-8H,3-4,9,14H2,1-2H3. The van der Waals surface area contributed by atoms with Crippen LogP contribution in [0.5, 0.6) is 5.75 Å². The Kier molecular flexibility index (Phi) is 3.82. The van der Waals surface area contributed by atoms with Crippen LogP contribution in [-0.2, 0) is 13.0 Å². The maximum atomic E-state index is 5.81. The molecule has 0 atom stereocenters. The lowest BCUT2D eigenvalue weighted by atomic mass is 10.2. The highest BCUT2D eigenvalue weighted by molar-refractivity contribution is 5.34. The second kappa shape index (κ2) is 5.53. The first-order valence-corrected chi connectivity index (χ1v) is 6.05. The predicted octanol–water partition coefficient (Wildman–Crippen LogP) is 1.87. The first-order valence-electron chi connectivity index (χ1n) is 6.05. The molecule has 0 aliphatic heterocycles. The molecule has 0 fully saturated rings. The highest BCUT2D eigenvalue weighted by Crippen LogP contribution is 2.15. The van der Waals surface area contributed by atoms with Gasteiger partial charge in [-0.25, -0.2) is 4.68 Å². The van der Waals surface area contributed by atoms with Crippen LogP contribution in [0.2, 0.25) is 0 Å². The highest BCUT2D eigenvalue weighted by atomic mass is 16.5. The molecule has 96 valence electrons. The number of benzene rings is 1. The van der Waals surface area contributed by atoms with E-state index < -0.39 is 0 Å². The lowest BCUT2D eigenvalue weighted by molar-refractivity contribution is 0.414. The molecule has 1 heterocycles. The molecule has 0 bridgehead atoms. The third kappa shape index (κ3) is 2.61. The summed E-state index contributed by atoms with van der Waals surface area (Å²) >= 11 is 0. The van der Waals surface area contributed by atoms with Gasteiger partial charge in [-0.15, -0.1) is 5.10 Å². The Balaban J connectivity index is 2.17. The molecule has 18 heavy (non-hydrogen) atoms. The van der Waals surface area contributed by atoms with Crippen molar-refractivity contribution >= 4 is 5.82 Å². The fourth-order valence-corrected chi connectivity index (χ4v) is 1.87. The van der Waals surface area contributed by atoms with Crippen LogP contribution in [0.15, 0.2) is 24.3 Å². The van der Waals surface area contributed by atoms with E-state index in [1.807, 2.05) is 28.9 Å². The van der Waals surface area contributed by atoms with Gasteiger partial charge in [-0.05, 0) is 24.1 Å². The summed E-state index contributed by atoms with van der Waals surface area (Å²) in [4.78, 5) is 0. The zero-order chi connectivity index (χ0) is 13.0. The van der Waals surface area contributed by atoms with E-state index in [9.17, 15) is 0 Å². The van der Waals surface area contributed by atoms with Crippen molar-refractivity contribution in [2.24, 2.45) is 0 Å². The van der Waals surface area contributed by atoms with Crippen molar-refractivity contribution in [3.05, 3.63) is 35.5 Å². The van der Waals surface area contributed by atoms with Crippen LogP contribution < -0.4 is 10.5 Å². The molecule has 0 saturated heterocycles. The zero-order valence-electron chi connectivity index (χ0n) is 10.8. The summed E-state index contributed by atoms with van der Waals surface area (Å²) in [7, 11) is 1.66. The molecule has 0 spiro atoms.